The third kappa shape index (κ3) is 6.44. The van der Waals surface area contributed by atoms with Gasteiger partial charge in [0, 0.05) is 12.6 Å². The maximum absolute atomic E-state index is 11.8. The number of urea groups is 1. The molecule has 1 rings (SSSR count). The lowest BCUT2D eigenvalue weighted by atomic mass is 10.1. The van der Waals surface area contributed by atoms with Crippen molar-refractivity contribution < 1.29 is 13.2 Å². The van der Waals surface area contributed by atoms with Gasteiger partial charge < -0.3 is 10.6 Å². The first kappa shape index (κ1) is 18.4. The second kappa shape index (κ2) is 8.14. The summed E-state index contributed by atoms with van der Waals surface area (Å²) in [7, 11) is -1.91. The van der Waals surface area contributed by atoms with E-state index in [4.69, 9.17) is 0 Å². The van der Waals surface area contributed by atoms with Crippen LogP contribution in [0.2, 0.25) is 0 Å². The monoisotopic (exact) mass is 327 g/mol. The average molecular weight is 327 g/mol. The predicted octanol–water partition coefficient (Wildman–Crippen LogP) is 1.58. The molecule has 0 bridgehead atoms. The van der Waals surface area contributed by atoms with Crippen LogP contribution in [0.25, 0.3) is 0 Å². The molecule has 0 saturated heterocycles. The Balaban J connectivity index is 2.58. The Bertz CT molecular complexity index is 600. The molecule has 0 aliphatic rings. The lowest BCUT2D eigenvalue weighted by molar-refractivity contribution is 0.234. The number of rotatable bonds is 7. The molecule has 0 aromatic heterocycles. The van der Waals surface area contributed by atoms with Gasteiger partial charge in [0.2, 0.25) is 10.0 Å². The van der Waals surface area contributed by atoms with E-state index in [-0.39, 0.29) is 17.8 Å². The van der Waals surface area contributed by atoms with Gasteiger partial charge in [-0.3, -0.25) is 0 Å². The summed E-state index contributed by atoms with van der Waals surface area (Å²) in [5.74, 6) is 0.286. The Labute approximate surface area is 132 Å². The SMILES string of the molecule is CNS(=O)(=O)Cc1cccc(CNC(=O)N[C@@H](C)C(C)C)c1. The number of amides is 2. The molecular formula is C15H25N3O3S. The molecule has 0 unspecified atom stereocenters. The van der Waals surface area contributed by atoms with E-state index in [9.17, 15) is 13.2 Å². The second-order valence-corrected chi connectivity index (χ2v) is 7.57. The maximum Gasteiger partial charge on any atom is 0.315 e. The van der Waals surface area contributed by atoms with Gasteiger partial charge >= 0.3 is 6.03 Å². The maximum atomic E-state index is 11.8. The van der Waals surface area contributed by atoms with Gasteiger partial charge in [0.05, 0.1) is 5.75 Å². The highest BCUT2D eigenvalue weighted by atomic mass is 32.2. The van der Waals surface area contributed by atoms with E-state index in [1.807, 2.05) is 26.8 Å². The van der Waals surface area contributed by atoms with Crippen molar-refractivity contribution in [3.8, 4) is 0 Å². The molecule has 1 atom stereocenters. The van der Waals surface area contributed by atoms with Crippen molar-refractivity contribution in [2.45, 2.75) is 39.1 Å². The molecule has 124 valence electrons. The Morgan fingerprint density at radius 1 is 1.18 bits per heavy atom. The number of benzene rings is 1. The van der Waals surface area contributed by atoms with E-state index in [2.05, 4.69) is 15.4 Å². The standard InChI is InChI=1S/C15H25N3O3S/c1-11(2)12(3)18-15(19)17-9-13-6-5-7-14(8-13)10-22(20,21)16-4/h5-8,11-12,16H,9-10H2,1-4H3,(H2,17,18,19)/t12-/m0/s1. The van der Waals surface area contributed by atoms with Crippen LogP contribution in [0.4, 0.5) is 4.79 Å². The molecule has 0 fully saturated rings. The van der Waals surface area contributed by atoms with E-state index < -0.39 is 10.0 Å². The Kier molecular flexibility index (Phi) is 6.83. The molecule has 0 heterocycles. The minimum atomic E-state index is -3.30. The molecule has 0 aliphatic heterocycles. The number of carbonyl (C=O) groups excluding carboxylic acids is 1. The van der Waals surface area contributed by atoms with Crippen molar-refractivity contribution in [3.05, 3.63) is 35.4 Å². The van der Waals surface area contributed by atoms with Crippen molar-refractivity contribution in [1.82, 2.24) is 15.4 Å². The minimum Gasteiger partial charge on any atom is -0.335 e. The number of hydrogen-bond donors (Lipinski definition) is 3. The summed E-state index contributed by atoms with van der Waals surface area (Å²) in [5, 5.41) is 5.63. The Hall–Kier alpha value is -1.60. The fourth-order valence-corrected chi connectivity index (χ4v) is 2.49. The molecule has 6 nitrogen and oxygen atoms in total. The van der Waals surface area contributed by atoms with Gasteiger partial charge in [-0.25, -0.2) is 17.9 Å². The van der Waals surface area contributed by atoms with Crippen LogP contribution in [0.1, 0.15) is 31.9 Å². The summed E-state index contributed by atoms with van der Waals surface area (Å²) in [6, 6.07) is 7.02. The fourth-order valence-electron chi connectivity index (χ4n) is 1.73. The van der Waals surface area contributed by atoms with E-state index >= 15 is 0 Å². The summed E-state index contributed by atoms with van der Waals surface area (Å²) in [5.41, 5.74) is 1.54. The zero-order valence-electron chi connectivity index (χ0n) is 13.5. The van der Waals surface area contributed by atoms with Crippen LogP contribution in [-0.4, -0.2) is 27.5 Å². The second-order valence-electron chi connectivity index (χ2n) is 5.64. The molecule has 1 aromatic carbocycles. The number of carbonyl (C=O) groups is 1. The quantitative estimate of drug-likeness (QED) is 0.710. The van der Waals surface area contributed by atoms with Crippen molar-refractivity contribution in [1.29, 1.82) is 0 Å². The Morgan fingerprint density at radius 2 is 1.82 bits per heavy atom. The van der Waals surface area contributed by atoms with Crippen molar-refractivity contribution >= 4 is 16.1 Å². The molecular weight excluding hydrogens is 302 g/mol. The molecule has 3 N–H and O–H groups in total. The topological polar surface area (TPSA) is 87.3 Å². The summed E-state index contributed by atoms with van der Waals surface area (Å²) in [6.07, 6.45) is 0. The number of nitrogens with one attached hydrogen (secondary N) is 3. The normalized spacial score (nSPS) is 13.0. The third-order valence-corrected chi connectivity index (χ3v) is 4.81. The van der Waals surface area contributed by atoms with Gasteiger partial charge in [-0.1, -0.05) is 38.1 Å². The van der Waals surface area contributed by atoms with E-state index in [0.29, 0.717) is 18.0 Å². The lowest BCUT2D eigenvalue weighted by Crippen LogP contribution is -2.42. The summed E-state index contributed by atoms with van der Waals surface area (Å²) < 4.78 is 25.4. The third-order valence-electron chi connectivity index (χ3n) is 3.47. The van der Waals surface area contributed by atoms with E-state index in [0.717, 1.165) is 5.56 Å². The molecule has 0 saturated carbocycles. The highest BCUT2D eigenvalue weighted by Gasteiger charge is 2.11. The van der Waals surface area contributed by atoms with Gasteiger partial charge in [-0.05, 0) is 31.0 Å². The van der Waals surface area contributed by atoms with Crippen molar-refractivity contribution in [2.75, 3.05) is 7.05 Å². The van der Waals surface area contributed by atoms with Crippen LogP contribution >= 0.6 is 0 Å². The largest absolute Gasteiger partial charge is 0.335 e. The van der Waals surface area contributed by atoms with Crippen molar-refractivity contribution in [3.63, 3.8) is 0 Å². The van der Waals surface area contributed by atoms with E-state index in [1.54, 1.807) is 18.2 Å². The molecule has 0 aliphatic carbocycles. The summed E-state index contributed by atoms with van der Waals surface area (Å²) in [4.78, 5) is 11.8. The number of hydrogen-bond acceptors (Lipinski definition) is 3. The average Bonchev–Trinajstić information content (AvgIpc) is 2.45. The van der Waals surface area contributed by atoms with Crippen LogP contribution in [0, 0.1) is 5.92 Å². The highest BCUT2D eigenvalue weighted by molar-refractivity contribution is 7.88. The zero-order chi connectivity index (χ0) is 16.8. The molecule has 0 spiro atoms. The first-order chi connectivity index (χ1) is 10.2. The van der Waals surface area contributed by atoms with Gasteiger partial charge in [0.25, 0.3) is 0 Å². The Morgan fingerprint density at radius 3 is 2.41 bits per heavy atom. The van der Waals surface area contributed by atoms with Gasteiger partial charge in [0.1, 0.15) is 0 Å². The highest BCUT2D eigenvalue weighted by Crippen LogP contribution is 2.08. The van der Waals surface area contributed by atoms with Crippen LogP contribution in [0.5, 0.6) is 0 Å². The van der Waals surface area contributed by atoms with Crippen molar-refractivity contribution in [2.24, 2.45) is 5.92 Å². The van der Waals surface area contributed by atoms with Crippen LogP contribution in [-0.2, 0) is 22.3 Å². The first-order valence-corrected chi connectivity index (χ1v) is 8.92. The summed E-state index contributed by atoms with van der Waals surface area (Å²) in [6.45, 7) is 6.38. The van der Waals surface area contributed by atoms with Gasteiger partial charge in [-0.15, -0.1) is 0 Å². The van der Waals surface area contributed by atoms with Crippen LogP contribution in [0.15, 0.2) is 24.3 Å². The molecule has 1 aromatic rings. The first-order valence-electron chi connectivity index (χ1n) is 7.27. The number of sulfonamides is 1. The molecule has 2 amide bonds. The van der Waals surface area contributed by atoms with Gasteiger partial charge in [0.15, 0.2) is 0 Å². The molecule has 22 heavy (non-hydrogen) atoms. The molecule has 7 heteroatoms. The van der Waals surface area contributed by atoms with Crippen LogP contribution in [0.3, 0.4) is 0 Å². The van der Waals surface area contributed by atoms with E-state index in [1.165, 1.54) is 7.05 Å². The minimum absolute atomic E-state index is 0.0755. The molecule has 0 radical (unpaired) electrons. The van der Waals surface area contributed by atoms with Crippen LogP contribution < -0.4 is 15.4 Å². The van der Waals surface area contributed by atoms with Gasteiger partial charge in [-0.2, -0.15) is 0 Å². The summed E-state index contributed by atoms with van der Waals surface area (Å²) >= 11 is 0. The smallest absolute Gasteiger partial charge is 0.315 e. The fraction of sp³-hybridized carbons (Fsp3) is 0.533. The predicted molar refractivity (Wildman–Crippen MR) is 87.8 cm³/mol. The zero-order valence-corrected chi connectivity index (χ0v) is 14.3. The lowest BCUT2D eigenvalue weighted by Gasteiger charge is -2.18.